The number of carbonyl (C=O) groups excluding carboxylic acids is 2. The van der Waals surface area contributed by atoms with Crippen LogP contribution in [0.5, 0.6) is 0 Å². The summed E-state index contributed by atoms with van der Waals surface area (Å²) in [6, 6.07) is 0. The van der Waals surface area contributed by atoms with Gasteiger partial charge in [-0.25, -0.2) is 0 Å². The molecule has 0 aromatic carbocycles. The standard InChI is InChI=1S/C9H13NO3/c1-2-13-9(12)7-5-6(7)3-4-8(10)11/h3-4,6-7H,2,5H2,1H3,(H2,10,11)/b4-3+/t6-,7-/m1/s1. The molecule has 2 atom stereocenters. The van der Waals surface area contributed by atoms with Crippen LogP contribution in [0.25, 0.3) is 0 Å². The SMILES string of the molecule is CCOC(=O)[C@@H]1C[C@H]1/C=C/C(N)=O. The average molecular weight is 183 g/mol. The van der Waals surface area contributed by atoms with Gasteiger partial charge in [-0.3, -0.25) is 9.59 Å². The van der Waals surface area contributed by atoms with Gasteiger partial charge in [0.1, 0.15) is 0 Å². The van der Waals surface area contributed by atoms with Crippen LogP contribution in [0, 0.1) is 11.8 Å². The third kappa shape index (κ3) is 2.89. The Hall–Kier alpha value is -1.32. The molecule has 0 saturated heterocycles. The van der Waals surface area contributed by atoms with Gasteiger partial charge in [-0.15, -0.1) is 0 Å². The van der Waals surface area contributed by atoms with E-state index >= 15 is 0 Å². The molecule has 0 spiro atoms. The number of allylic oxidation sites excluding steroid dienone is 1. The Morgan fingerprint density at radius 3 is 2.85 bits per heavy atom. The van der Waals surface area contributed by atoms with Crippen molar-refractivity contribution in [2.45, 2.75) is 13.3 Å². The first-order valence-electron chi connectivity index (χ1n) is 4.29. The summed E-state index contributed by atoms with van der Waals surface area (Å²) in [6.07, 6.45) is 3.73. The highest BCUT2D eigenvalue weighted by molar-refractivity contribution is 5.86. The van der Waals surface area contributed by atoms with Crippen LogP contribution in [0.1, 0.15) is 13.3 Å². The number of hydrogen-bond acceptors (Lipinski definition) is 3. The van der Waals surface area contributed by atoms with E-state index in [0.717, 1.165) is 6.42 Å². The van der Waals surface area contributed by atoms with E-state index in [1.807, 2.05) is 0 Å². The minimum atomic E-state index is -0.477. The fraction of sp³-hybridized carbons (Fsp3) is 0.556. The first kappa shape index (κ1) is 9.77. The lowest BCUT2D eigenvalue weighted by atomic mass is 10.3. The molecule has 2 N–H and O–H groups in total. The number of amides is 1. The van der Waals surface area contributed by atoms with Crippen molar-refractivity contribution in [3.05, 3.63) is 12.2 Å². The molecule has 0 aromatic rings. The first-order chi connectivity index (χ1) is 6.15. The number of rotatable bonds is 4. The van der Waals surface area contributed by atoms with E-state index in [9.17, 15) is 9.59 Å². The second-order valence-corrected chi connectivity index (χ2v) is 3.02. The smallest absolute Gasteiger partial charge is 0.309 e. The van der Waals surface area contributed by atoms with Gasteiger partial charge in [0.25, 0.3) is 0 Å². The summed E-state index contributed by atoms with van der Waals surface area (Å²) in [7, 11) is 0. The Morgan fingerprint density at radius 1 is 1.62 bits per heavy atom. The van der Waals surface area contributed by atoms with Gasteiger partial charge >= 0.3 is 5.97 Å². The van der Waals surface area contributed by atoms with Gasteiger partial charge in [0.2, 0.25) is 5.91 Å². The van der Waals surface area contributed by atoms with E-state index in [1.54, 1.807) is 13.0 Å². The van der Waals surface area contributed by atoms with Crippen LogP contribution in [0.4, 0.5) is 0 Å². The predicted octanol–water partition coefficient (Wildman–Crippen LogP) is 0.227. The highest BCUT2D eigenvalue weighted by atomic mass is 16.5. The first-order valence-corrected chi connectivity index (χ1v) is 4.29. The number of hydrogen-bond donors (Lipinski definition) is 1. The van der Waals surface area contributed by atoms with Crippen LogP contribution in [-0.2, 0) is 14.3 Å². The van der Waals surface area contributed by atoms with E-state index in [2.05, 4.69) is 0 Å². The van der Waals surface area contributed by atoms with E-state index < -0.39 is 5.91 Å². The largest absolute Gasteiger partial charge is 0.466 e. The zero-order chi connectivity index (χ0) is 9.84. The number of primary amides is 1. The zero-order valence-electron chi connectivity index (χ0n) is 7.53. The van der Waals surface area contributed by atoms with Gasteiger partial charge in [0.05, 0.1) is 12.5 Å². The van der Waals surface area contributed by atoms with Crippen LogP contribution in [0.2, 0.25) is 0 Å². The van der Waals surface area contributed by atoms with Crippen LogP contribution in [0.15, 0.2) is 12.2 Å². The summed E-state index contributed by atoms with van der Waals surface area (Å²) < 4.78 is 4.81. The van der Waals surface area contributed by atoms with Gasteiger partial charge in [-0.05, 0) is 25.3 Å². The number of ether oxygens (including phenoxy) is 1. The molecule has 0 radical (unpaired) electrons. The van der Waals surface area contributed by atoms with Crippen molar-refractivity contribution < 1.29 is 14.3 Å². The molecule has 0 aliphatic heterocycles. The summed E-state index contributed by atoms with van der Waals surface area (Å²) in [5, 5.41) is 0. The Labute approximate surface area is 76.7 Å². The Bertz CT molecular complexity index is 247. The monoisotopic (exact) mass is 183 g/mol. The van der Waals surface area contributed by atoms with Crippen LogP contribution in [0.3, 0.4) is 0 Å². The molecule has 0 aromatic heterocycles. The average Bonchev–Trinajstić information content (AvgIpc) is 2.80. The molecule has 72 valence electrons. The number of carbonyl (C=O) groups is 2. The minimum Gasteiger partial charge on any atom is -0.466 e. The van der Waals surface area contributed by atoms with Crippen molar-refractivity contribution in [3.8, 4) is 0 Å². The molecule has 0 heterocycles. The number of esters is 1. The molecule has 1 aliphatic rings. The van der Waals surface area contributed by atoms with Crippen molar-refractivity contribution in [2.24, 2.45) is 17.6 Å². The van der Waals surface area contributed by atoms with Gasteiger partial charge in [0.15, 0.2) is 0 Å². The topological polar surface area (TPSA) is 69.4 Å². The lowest BCUT2D eigenvalue weighted by Crippen LogP contribution is -2.08. The molecule has 1 saturated carbocycles. The maximum absolute atomic E-state index is 11.1. The van der Waals surface area contributed by atoms with Crippen molar-refractivity contribution in [2.75, 3.05) is 6.61 Å². The maximum atomic E-state index is 11.1. The molecule has 13 heavy (non-hydrogen) atoms. The summed E-state index contributed by atoms with van der Waals surface area (Å²) in [5.74, 6) is -0.571. The van der Waals surface area contributed by atoms with E-state index in [-0.39, 0.29) is 17.8 Å². The summed E-state index contributed by atoms with van der Waals surface area (Å²) in [6.45, 7) is 2.18. The summed E-state index contributed by atoms with van der Waals surface area (Å²) >= 11 is 0. The molecule has 1 amide bonds. The minimum absolute atomic E-state index is 0.0597. The highest BCUT2D eigenvalue weighted by Crippen LogP contribution is 2.40. The predicted molar refractivity (Wildman–Crippen MR) is 46.6 cm³/mol. The summed E-state index contributed by atoms with van der Waals surface area (Å²) in [5.41, 5.74) is 4.91. The van der Waals surface area contributed by atoms with Crippen molar-refractivity contribution >= 4 is 11.9 Å². The maximum Gasteiger partial charge on any atom is 0.309 e. The van der Waals surface area contributed by atoms with Crippen molar-refractivity contribution in [1.82, 2.24) is 0 Å². The fourth-order valence-corrected chi connectivity index (χ4v) is 1.17. The van der Waals surface area contributed by atoms with Crippen LogP contribution < -0.4 is 5.73 Å². The molecular formula is C9H13NO3. The van der Waals surface area contributed by atoms with Gasteiger partial charge in [-0.1, -0.05) is 6.08 Å². The lowest BCUT2D eigenvalue weighted by molar-refractivity contribution is -0.144. The van der Waals surface area contributed by atoms with E-state index in [4.69, 9.17) is 10.5 Å². The second kappa shape index (κ2) is 4.07. The molecule has 4 heteroatoms. The normalized spacial score (nSPS) is 25.9. The van der Waals surface area contributed by atoms with Crippen LogP contribution >= 0.6 is 0 Å². The Morgan fingerprint density at radius 2 is 2.31 bits per heavy atom. The molecule has 1 rings (SSSR count). The fourth-order valence-electron chi connectivity index (χ4n) is 1.17. The Balaban J connectivity index is 2.30. The molecule has 4 nitrogen and oxygen atoms in total. The van der Waals surface area contributed by atoms with Crippen molar-refractivity contribution in [3.63, 3.8) is 0 Å². The highest BCUT2D eigenvalue weighted by Gasteiger charge is 2.42. The van der Waals surface area contributed by atoms with E-state index in [0.29, 0.717) is 6.61 Å². The third-order valence-electron chi connectivity index (χ3n) is 1.94. The number of nitrogens with two attached hydrogens (primary N) is 1. The van der Waals surface area contributed by atoms with Crippen LogP contribution in [-0.4, -0.2) is 18.5 Å². The zero-order valence-corrected chi connectivity index (χ0v) is 7.53. The molecular weight excluding hydrogens is 170 g/mol. The quantitative estimate of drug-likeness (QED) is 0.501. The molecule has 0 bridgehead atoms. The van der Waals surface area contributed by atoms with Gasteiger partial charge in [0, 0.05) is 0 Å². The Kier molecular flexibility index (Phi) is 3.06. The lowest BCUT2D eigenvalue weighted by Gasteiger charge is -1.97. The molecule has 1 fully saturated rings. The second-order valence-electron chi connectivity index (χ2n) is 3.02. The molecule has 0 unspecified atom stereocenters. The van der Waals surface area contributed by atoms with E-state index in [1.165, 1.54) is 6.08 Å². The van der Waals surface area contributed by atoms with Gasteiger partial charge < -0.3 is 10.5 Å². The molecule has 1 aliphatic carbocycles. The van der Waals surface area contributed by atoms with Gasteiger partial charge in [-0.2, -0.15) is 0 Å². The summed E-state index contributed by atoms with van der Waals surface area (Å²) in [4.78, 5) is 21.4. The third-order valence-corrected chi connectivity index (χ3v) is 1.94. The van der Waals surface area contributed by atoms with Crippen molar-refractivity contribution in [1.29, 1.82) is 0 Å².